The molecule has 0 spiro atoms. The number of nitrogens with zero attached hydrogens (tertiary/aromatic N) is 3. The van der Waals surface area contributed by atoms with Gasteiger partial charge in [-0.1, -0.05) is 12.2 Å². The molecule has 24 heavy (non-hydrogen) atoms. The van der Waals surface area contributed by atoms with Crippen LogP contribution in [0.5, 0.6) is 0 Å². The van der Waals surface area contributed by atoms with Crippen LogP contribution in [0.15, 0.2) is 23.3 Å². The first-order valence-corrected chi connectivity index (χ1v) is 8.59. The lowest BCUT2D eigenvalue weighted by atomic mass is 10.2. The molecule has 0 radical (unpaired) electrons. The summed E-state index contributed by atoms with van der Waals surface area (Å²) in [7, 11) is -4.48. The van der Waals surface area contributed by atoms with Gasteiger partial charge in [0.25, 0.3) is 5.56 Å². The number of nitrogens with two attached hydrogens (primary N) is 1. The summed E-state index contributed by atoms with van der Waals surface area (Å²) in [5, 5.41) is 0. The lowest BCUT2D eigenvalue weighted by molar-refractivity contribution is 0.0484. The van der Waals surface area contributed by atoms with E-state index in [0.717, 1.165) is 0 Å². The highest BCUT2D eigenvalue weighted by Gasteiger charge is 2.24. The number of imidazole rings is 1. The Balaban J connectivity index is 1.63. The number of fused-ring (bicyclic) bond motifs is 1. The zero-order valence-electron chi connectivity index (χ0n) is 12.4. The van der Waals surface area contributed by atoms with E-state index in [1.807, 2.05) is 12.2 Å². The van der Waals surface area contributed by atoms with E-state index in [0.29, 0.717) is 12.1 Å². The van der Waals surface area contributed by atoms with Gasteiger partial charge in [-0.2, -0.15) is 4.98 Å². The second-order valence-corrected chi connectivity index (χ2v) is 6.44. The first-order chi connectivity index (χ1) is 11.3. The molecule has 0 unspecified atom stereocenters. The van der Waals surface area contributed by atoms with Crippen LogP contribution < -0.4 is 11.3 Å². The summed E-state index contributed by atoms with van der Waals surface area (Å²) in [5.74, 6) is 0.0126. The van der Waals surface area contributed by atoms with E-state index in [2.05, 4.69) is 19.5 Å². The van der Waals surface area contributed by atoms with Gasteiger partial charge in [-0.05, 0) is 0 Å². The lowest BCUT2D eigenvalue weighted by Crippen LogP contribution is -2.16. The van der Waals surface area contributed by atoms with Crippen LogP contribution in [0.3, 0.4) is 0 Å². The highest BCUT2D eigenvalue weighted by Crippen LogP contribution is 2.35. The fourth-order valence-corrected chi connectivity index (χ4v) is 2.83. The molecule has 2 aromatic heterocycles. The Morgan fingerprint density at radius 2 is 2.21 bits per heavy atom. The Morgan fingerprint density at radius 1 is 1.42 bits per heavy atom. The number of nitrogens with one attached hydrogen (secondary N) is 1. The van der Waals surface area contributed by atoms with E-state index in [9.17, 15) is 9.36 Å². The fourth-order valence-electron chi connectivity index (χ4n) is 2.52. The molecule has 12 heteroatoms. The largest absolute Gasteiger partial charge is 0.469 e. The van der Waals surface area contributed by atoms with Crippen molar-refractivity contribution in [3.05, 3.63) is 28.8 Å². The number of phosphoric acid groups is 1. The minimum absolute atomic E-state index is 0.0126. The summed E-state index contributed by atoms with van der Waals surface area (Å²) >= 11 is 0. The number of allylic oxidation sites excluding steroid dienone is 1. The fraction of sp³-hybridized carbons (Fsp3) is 0.417. The molecule has 0 bridgehead atoms. The molecule has 3 rings (SSSR count). The molecule has 0 amide bonds. The molecule has 0 saturated heterocycles. The first kappa shape index (κ1) is 16.8. The minimum Gasteiger partial charge on any atom is -0.372 e. The maximum absolute atomic E-state index is 11.8. The number of rotatable bonds is 6. The Hall–Kier alpha value is -2.04. The molecule has 0 fully saturated rings. The average molecular weight is 357 g/mol. The van der Waals surface area contributed by atoms with Gasteiger partial charge < -0.3 is 24.8 Å². The third-order valence-corrected chi connectivity index (χ3v) is 4.02. The molecule has 5 N–H and O–H groups in total. The molecule has 130 valence electrons. The number of H-pyrrole nitrogens is 1. The van der Waals surface area contributed by atoms with Crippen LogP contribution in [0.1, 0.15) is 12.5 Å². The SMILES string of the molecule is Nc1nc2c(ncn2[C@H]2C=C[C@@H](OCCOP(=O)(O)O)C2)c(=O)[nH]1. The van der Waals surface area contributed by atoms with Crippen LogP contribution >= 0.6 is 7.82 Å². The van der Waals surface area contributed by atoms with E-state index in [1.165, 1.54) is 6.33 Å². The van der Waals surface area contributed by atoms with Gasteiger partial charge in [0.05, 0.1) is 31.7 Å². The predicted octanol–water partition coefficient (Wildman–Crippen LogP) is -0.303. The van der Waals surface area contributed by atoms with E-state index < -0.39 is 13.4 Å². The summed E-state index contributed by atoms with van der Waals surface area (Å²) in [6.45, 7) is -0.164. The third kappa shape index (κ3) is 3.71. The Labute approximate surface area is 135 Å². The number of aromatic nitrogens is 4. The summed E-state index contributed by atoms with van der Waals surface area (Å²) in [6, 6.07) is -0.114. The molecular formula is C12H16N5O6P. The van der Waals surface area contributed by atoms with Crippen molar-refractivity contribution in [1.29, 1.82) is 0 Å². The van der Waals surface area contributed by atoms with Crippen LogP contribution in [0.25, 0.3) is 11.2 Å². The van der Waals surface area contributed by atoms with Gasteiger partial charge in [0.1, 0.15) is 0 Å². The van der Waals surface area contributed by atoms with E-state index in [4.69, 9.17) is 20.3 Å². The van der Waals surface area contributed by atoms with Crippen LogP contribution in [0.2, 0.25) is 0 Å². The maximum Gasteiger partial charge on any atom is 0.469 e. The molecule has 0 aromatic carbocycles. The van der Waals surface area contributed by atoms with Crippen molar-refractivity contribution in [2.24, 2.45) is 0 Å². The summed E-state index contributed by atoms with van der Waals surface area (Å²) in [4.78, 5) is 39.5. The van der Waals surface area contributed by atoms with Gasteiger partial charge in [0, 0.05) is 6.42 Å². The highest BCUT2D eigenvalue weighted by atomic mass is 31.2. The van der Waals surface area contributed by atoms with Gasteiger partial charge in [-0.15, -0.1) is 0 Å². The normalized spacial score (nSPS) is 20.9. The Morgan fingerprint density at radius 3 is 2.96 bits per heavy atom. The number of ether oxygens (including phenoxy) is 1. The van der Waals surface area contributed by atoms with Crippen LogP contribution in [0, 0.1) is 0 Å². The molecule has 2 atom stereocenters. The Bertz CT molecular complexity index is 870. The van der Waals surface area contributed by atoms with Crippen molar-refractivity contribution in [1.82, 2.24) is 19.5 Å². The lowest BCUT2D eigenvalue weighted by Gasteiger charge is -2.15. The van der Waals surface area contributed by atoms with Crippen molar-refractivity contribution in [2.45, 2.75) is 18.6 Å². The van der Waals surface area contributed by atoms with Crippen LogP contribution in [0.4, 0.5) is 5.95 Å². The molecule has 2 aromatic rings. The second kappa shape index (κ2) is 6.46. The molecule has 1 aliphatic carbocycles. The zero-order chi connectivity index (χ0) is 17.3. The van der Waals surface area contributed by atoms with Gasteiger partial charge in [-0.25, -0.2) is 9.55 Å². The van der Waals surface area contributed by atoms with Crippen molar-refractivity contribution in [3.63, 3.8) is 0 Å². The molecular weight excluding hydrogens is 341 g/mol. The van der Waals surface area contributed by atoms with E-state index in [-0.39, 0.29) is 36.8 Å². The zero-order valence-corrected chi connectivity index (χ0v) is 13.3. The standard InChI is InChI=1S/C12H16N5O6P/c13-12-15-10-9(11(18)16-12)14-6-17(10)7-1-2-8(5-7)22-3-4-23-24(19,20)21/h1-2,6-8H,3-5H2,(H2,19,20,21)(H3,13,15,16,18)/t7-,8+/m0/s1. The third-order valence-electron chi connectivity index (χ3n) is 3.50. The van der Waals surface area contributed by atoms with Gasteiger partial charge >= 0.3 is 7.82 Å². The molecule has 0 saturated carbocycles. The van der Waals surface area contributed by atoms with Crippen LogP contribution in [-0.2, 0) is 13.8 Å². The van der Waals surface area contributed by atoms with Crippen LogP contribution in [-0.4, -0.2) is 48.6 Å². The number of hydrogen-bond donors (Lipinski definition) is 4. The van der Waals surface area contributed by atoms with Crippen molar-refractivity contribution >= 4 is 24.9 Å². The van der Waals surface area contributed by atoms with Crippen molar-refractivity contribution < 1.29 is 23.6 Å². The van der Waals surface area contributed by atoms with Gasteiger partial charge in [-0.3, -0.25) is 14.3 Å². The number of phosphoric ester groups is 1. The number of hydrogen-bond acceptors (Lipinski definition) is 7. The molecule has 11 nitrogen and oxygen atoms in total. The topological polar surface area (TPSA) is 166 Å². The predicted molar refractivity (Wildman–Crippen MR) is 83.1 cm³/mol. The molecule has 1 aliphatic rings. The number of aromatic amines is 1. The Kier molecular flexibility index (Phi) is 4.52. The molecule has 0 aliphatic heterocycles. The smallest absolute Gasteiger partial charge is 0.372 e. The minimum atomic E-state index is -4.48. The highest BCUT2D eigenvalue weighted by molar-refractivity contribution is 7.46. The van der Waals surface area contributed by atoms with Crippen molar-refractivity contribution in [3.8, 4) is 0 Å². The number of anilines is 1. The molecule has 2 heterocycles. The summed E-state index contributed by atoms with van der Waals surface area (Å²) < 4.78 is 22.1. The van der Waals surface area contributed by atoms with Gasteiger partial charge in [0.15, 0.2) is 11.2 Å². The first-order valence-electron chi connectivity index (χ1n) is 7.06. The van der Waals surface area contributed by atoms with Gasteiger partial charge in [0.2, 0.25) is 5.95 Å². The maximum atomic E-state index is 11.8. The van der Waals surface area contributed by atoms with E-state index in [1.54, 1.807) is 4.57 Å². The number of nitrogen functional groups attached to an aromatic ring is 1. The summed E-state index contributed by atoms with van der Waals surface area (Å²) in [5.41, 5.74) is 5.76. The average Bonchev–Trinajstić information content (AvgIpc) is 3.08. The quantitative estimate of drug-likeness (QED) is 0.308. The second-order valence-electron chi connectivity index (χ2n) is 5.20. The monoisotopic (exact) mass is 357 g/mol. The van der Waals surface area contributed by atoms with Crippen molar-refractivity contribution in [2.75, 3.05) is 18.9 Å². The van der Waals surface area contributed by atoms with E-state index >= 15 is 0 Å². The summed E-state index contributed by atoms with van der Waals surface area (Å²) in [6.07, 6.45) is 5.54.